The van der Waals surface area contributed by atoms with E-state index in [0.29, 0.717) is 18.4 Å². The first-order valence-corrected chi connectivity index (χ1v) is 14.6. The predicted octanol–water partition coefficient (Wildman–Crippen LogP) is 5.53. The number of aryl methyl sites for hydroxylation is 3. The van der Waals surface area contributed by atoms with Gasteiger partial charge in [-0.25, -0.2) is 15.0 Å². The number of Topliss-reactive ketones (excluding diaryl/α,β-unsaturated/α-hetero) is 1. The van der Waals surface area contributed by atoms with Crippen LogP contribution in [0.25, 0.3) is 0 Å². The number of carbonyl (C=O) groups excluding carboxylic acids is 1. The van der Waals surface area contributed by atoms with E-state index in [1.54, 1.807) is 30.4 Å². The van der Waals surface area contributed by atoms with E-state index in [2.05, 4.69) is 29.1 Å². The van der Waals surface area contributed by atoms with E-state index < -0.39 is 0 Å². The Labute approximate surface area is 234 Å². The number of hydrogen-bond donors (Lipinski definition) is 0. The number of carbonyl (C=O) groups is 1. The van der Waals surface area contributed by atoms with Crippen molar-refractivity contribution in [3.05, 3.63) is 101 Å². The van der Waals surface area contributed by atoms with Crippen molar-refractivity contribution >= 4 is 17.5 Å². The summed E-state index contributed by atoms with van der Waals surface area (Å²) in [6, 6.07) is 7.82. The zero-order valence-electron chi connectivity index (χ0n) is 22.5. The average Bonchev–Trinajstić information content (AvgIpc) is 3.46. The lowest BCUT2D eigenvalue weighted by molar-refractivity contribution is 0.0979. The Hall–Kier alpha value is -3.59. The molecule has 0 saturated carbocycles. The quantitative estimate of drug-likeness (QED) is 0.0791. The van der Waals surface area contributed by atoms with Gasteiger partial charge in [0.2, 0.25) is 0 Å². The second kappa shape index (κ2) is 15.1. The molecule has 8 nitrogen and oxygen atoms in total. The van der Waals surface area contributed by atoms with E-state index in [1.165, 1.54) is 11.9 Å². The molecule has 0 atom stereocenters. The molecule has 204 valence electrons. The van der Waals surface area contributed by atoms with Crippen LogP contribution >= 0.6 is 11.8 Å². The Bertz CT molecular complexity index is 1350. The molecule has 0 unspecified atom stereocenters. The fraction of sp³-hybridized carbons (Fsp3) is 0.400. The van der Waals surface area contributed by atoms with Crippen LogP contribution in [0.15, 0.2) is 77.9 Å². The van der Waals surface area contributed by atoms with Gasteiger partial charge >= 0.3 is 0 Å². The van der Waals surface area contributed by atoms with Gasteiger partial charge in [0.1, 0.15) is 6.33 Å². The maximum atomic E-state index is 12.8. The van der Waals surface area contributed by atoms with Crippen LogP contribution in [-0.4, -0.2) is 40.6 Å². The van der Waals surface area contributed by atoms with Gasteiger partial charge in [0.25, 0.3) is 5.56 Å². The molecule has 39 heavy (non-hydrogen) atoms. The zero-order chi connectivity index (χ0) is 27.3. The van der Waals surface area contributed by atoms with E-state index in [-0.39, 0.29) is 11.3 Å². The Morgan fingerprint density at radius 2 is 1.69 bits per heavy atom. The lowest BCUT2D eigenvalue weighted by Crippen LogP contribution is -2.20. The summed E-state index contributed by atoms with van der Waals surface area (Å²) in [4.78, 5) is 41.8. The molecule has 0 N–H and O–H groups in total. The van der Waals surface area contributed by atoms with E-state index in [9.17, 15) is 9.59 Å². The van der Waals surface area contributed by atoms with Gasteiger partial charge in [-0.2, -0.15) is 4.98 Å². The van der Waals surface area contributed by atoms with Crippen molar-refractivity contribution in [3.8, 4) is 0 Å². The first-order valence-electron chi connectivity index (χ1n) is 13.6. The van der Waals surface area contributed by atoms with Crippen LogP contribution in [0.1, 0.15) is 72.0 Å². The van der Waals surface area contributed by atoms with Crippen molar-refractivity contribution in [2.24, 2.45) is 0 Å². The van der Waals surface area contributed by atoms with Crippen molar-refractivity contribution < 1.29 is 4.79 Å². The van der Waals surface area contributed by atoms with Crippen LogP contribution in [0.3, 0.4) is 0 Å². The maximum absolute atomic E-state index is 12.8. The summed E-state index contributed by atoms with van der Waals surface area (Å²) in [5, 5.41) is 0.766. The highest BCUT2D eigenvalue weighted by molar-refractivity contribution is 7.99. The summed E-state index contributed by atoms with van der Waals surface area (Å²) < 4.78 is 4.16. The van der Waals surface area contributed by atoms with Gasteiger partial charge < -0.3 is 9.13 Å². The summed E-state index contributed by atoms with van der Waals surface area (Å²) in [6.07, 6.45) is 19.7. The largest absolute Gasteiger partial charge is 0.337 e. The number of hydrogen-bond acceptors (Lipinski definition) is 7. The van der Waals surface area contributed by atoms with Crippen molar-refractivity contribution in [2.45, 2.75) is 76.5 Å². The topological polar surface area (TPSA) is 95.6 Å². The molecule has 1 aromatic carbocycles. The molecule has 4 aromatic rings. The third kappa shape index (κ3) is 9.28. The van der Waals surface area contributed by atoms with Crippen molar-refractivity contribution in [1.29, 1.82) is 0 Å². The van der Waals surface area contributed by atoms with Gasteiger partial charge in [-0.3, -0.25) is 9.59 Å². The molecule has 0 aliphatic rings. The van der Waals surface area contributed by atoms with Gasteiger partial charge in [0.15, 0.2) is 10.9 Å². The summed E-state index contributed by atoms with van der Waals surface area (Å²) in [5.74, 6) is 1.13. The molecule has 0 aliphatic heterocycles. The monoisotopic (exact) mass is 544 g/mol. The molecule has 0 saturated heterocycles. The highest BCUT2D eigenvalue weighted by Crippen LogP contribution is 2.19. The van der Waals surface area contributed by atoms with Gasteiger partial charge in [0.05, 0.1) is 6.33 Å². The molecule has 4 rings (SSSR count). The van der Waals surface area contributed by atoms with Crippen LogP contribution < -0.4 is 5.56 Å². The molecule has 0 radical (unpaired) electrons. The highest BCUT2D eigenvalue weighted by atomic mass is 32.2. The molecule has 3 heterocycles. The normalized spacial score (nSPS) is 11.1. The van der Waals surface area contributed by atoms with Crippen LogP contribution in [0.4, 0.5) is 0 Å². The number of thioether (sulfide) groups is 1. The van der Waals surface area contributed by atoms with Crippen molar-refractivity contribution in [1.82, 2.24) is 29.1 Å². The minimum absolute atomic E-state index is 0.189. The van der Waals surface area contributed by atoms with E-state index in [1.807, 2.05) is 49.9 Å². The number of ketones is 1. The van der Waals surface area contributed by atoms with E-state index >= 15 is 0 Å². The second-order valence-electron chi connectivity index (χ2n) is 9.78. The van der Waals surface area contributed by atoms with E-state index in [0.717, 1.165) is 73.7 Å². The molecule has 9 heteroatoms. The van der Waals surface area contributed by atoms with Gasteiger partial charge in [-0.1, -0.05) is 60.9 Å². The smallest absolute Gasteiger partial charge is 0.277 e. The molecule has 3 aromatic heterocycles. The number of unbranched alkanes of at least 4 members (excludes halogenated alkanes) is 4. The number of imidazole rings is 1. The predicted molar refractivity (Wildman–Crippen MR) is 154 cm³/mol. The Morgan fingerprint density at radius 1 is 0.923 bits per heavy atom. The Kier molecular flexibility index (Phi) is 11.0. The number of rotatable bonds is 16. The maximum Gasteiger partial charge on any atom is 0.277 e. The van der Waals surface area contributed by atoms with Gasteiger partial charge in [0, 0.05) is 73.8 Å². The van der Waals surface area contributed by atoms with Crippen LogP contribution in [0.5, 0.6) is 0 Å². The number of nitrogens with zero attached hydrogens (tertiary/aromatic N) is 6. The molecule has 0 spiro atoms. The molecular weight excluding hydrogens is 508 g/mol. The summed E-state index contributed by atoms with van der Waals surface area (Å²) in [6.45, 7) is 3.65. The van der Waals surface area contributed by atoms with Crippen LogP contribution in [0, 0.1) is 6.92 Å². The standard InChI is InChI=1S/C30H36N6O2S/c1-24-9-11-26(12-10-24)28(37)8-5-3-2-4-6-17-39-30-34-29(38)27(18-25-19-32-22-33-20-25)21-36(30)15-7-14-35-16-13-31-23-35/h9-13,16,19-23H,2-8,14-15,17-18H2,1H3. The van der Waals surface area contributed by atoms with Gasteiger partial charge in [-0.05, 0) is 31.7 Å². The van der Waals surface area contributed by atoms with Gasteiger partial charge in [-0.15, -0.1) is 0 Å². The zero-order valence-corrected chi connectivity index (χ0v) is 23.4. The summed E-state index contributed by atoms with van der Waals surface area (Å²) in [5.41, 5.74) is 3.33. The fourth-order valence-electron chi connectivity index (χ4n) is 4.37. The minimum Gasteiger partial charge on any atom is -0.337 e. The molecular formula is C30H36N6O2S. The molecule has 0 aliphatic carbocycles. The molecule has 0 bridgehead atoms. The number of aromatic nitrogens is 6. The average molecular weight is 545 g/mol. The third-order valence-electron chi connectivity index (χ3n) is 6.57. The first-order chi connectivity index (χ1) is 19.1. The first kappa shape index (κ1) is 28.4. The third-order valence-corrected chi connectivity index (χ3v) is 7.64. The van der Waals surface area contributed by atoms with E-state index in [4.69, 9.17) is 0 Å². The number of benzene rings is 1. The Balaban J connectivity index is 1.24. The summed E-state index contributed by atoms with van der Waals surface area (Å²) >= 11 is 1.65. The van der Waals surface area contributed by atoms with Crippen LogP contribution in [0.2, 0.25) is 0 Å². The fourth-order valence-corrected chi connectivity index (χ4v) is 5.36. The SMILES string of the molecule is Cc1ccc(C(=O)CCCCCCCSc2nc(=O)c(Cc3cncnc3)cn2CCCn2ccnc2)cc1. The molecule has 0 amide bonds. The highest BCUT2D eigenvalue weighted by Gasteiger charge is 2.11. The lowest BCUT2D eigenvalue weighted by atomic mass is 10.0. The lowest BCUT2D eigenvalue weighted by Gasteiger charge is -2.14. The summed E-state index contributed by atoms with van der Waals surface area (Å²) in [7, 11) is 0. The Morgan fingerprint density at radius 3 is 2.46 bits per heavy atom. The molecule has 0 fully saturated rings. The van der Waals surface area contributed by atoms with Crippen LogP contribution in [-0.2, 0) is 19.5 Å². The minimum atomic E-state index is -0.189. The van der Waals surface area contributed by atoms with Crippen molar-refractivity contribution in [2.75, 3.05) is 5.75 Å². The second-order valence-corrected chi connectivity index (χ2v) is 10.8. The van der Waals surface area contributed by atoms with Crippen molar-refractivity contribution in [3.63, 3.8) is 0 Å².